The van der Waals surface area contributed by atoms with E-state index in [0.717, 1.165) is 18.4 Å². The van der Waals surface area contributed by atoms with Crippen LogP contribution in [0.25, 0.3) is 0 Å². The van der Waals surface area contributed by atoms with Crippen LogP contribution in [-0.4, -0.2) is 28.4 Å². The van der Waals surface area contributed by atoms with Crippen molar-refractivity contribution in [2.45, 2.75) is 39.2 Å². The van der Waals surface area contributed by atoms with Gasteiger partial charge in [-0.05, 0) is 33.6 Å². The van der Waals surface area contributed by atoms with E-state index in [1.54, 1.807) is 0 Å². The molecule has 0 spiro atoms. The van der Waals surface area contributed by atoms with E-state index in [-0.39, 0.29) is 10.3 Å². The van der Waals surface area contributed by atoms with E-state index in [1.165, 1.54) is 4.90 Å². The SMILES string of the molecule is CC(C)(C)OC(=O)N1CCCc2c(Cl)nnc(Cl)c21. The largest absolute Gasteiger partial charge is 0.443 e. The minimum Gasteiger partial charge on any atom is -0.443 e. The predicted octanol–water partition coefficient (Wildman–Crippen LogP) is 3.47. The molecule has 0 saturated carbocycles. The molecule has 1 aliphatic heterocycles. The number of ether oxygens (including phenoxy) is 1. The summed E-state index contributed by atoms with van der Waals surface area (Å²) in [4.78, 5) is 13.7. The quantitative estimate of drug-likeness (QED) is 0.736. The second-order valence-corrected chi connectivity index (χ2v) is 6.06. The summed E-state index contributed by atoms with van der Waals surface area (Å²) in [5.74, 6) is 0. The van der Waals surface area contributed by atoms with Crippen molar-refractivity contribution in [3.63, 3.8) is 0 Å². The monoisotopic (exact) mass is 303 g/mol. The summed E-state index contributed by atoms with van der Waals surface area (Å²) in [5, 5.41) is 7.98. The van der Waals surface area contributed by atoms with Gasteiger partial charge in [-0.3, -0.25) is 4.90 Å². The van der Waals surface area contributed by atoms with Crippen molar-refractivity contribution < 1.29 is 9.53 Å². The van der Waals surface area contributed by atoms with Crippen LogP contribution < -0.4 is 4.90 Å². The number of anilines is 1. The molecular formula is C12H15Cl2N3O2. The van der Waals surface area contributed by atoms with Crippen molar-refractivity contribution in [3.8, 4) is 0 Å². The lowest BCUT2D eigenvalue weighted by molar-refractivity contribution is 0.0577. The highest BCUT2D eigenvalue weighted by Gasteiger charge is 2.31. The normalized spacial score (nSPS) is 15.1. The summed E-state index contributed by atoms with van der Waals surface area (Å²) in [6.45, 7) is 5.98. The number of carbonyl (C=O) groups is 1. The van der Waals surface area contributed by atoms with Gasteiger partial charge in [-0.2, -0.15) is 0 Å². The number of amides is 1. The molecular weight excluding hydrogens is 289 g/mol. The number of hydrogen-bond acceptors (Lipinski definition) is 4. The number of fused-ring (bicyclic) bond motifs is 1. The van der Waals surface area contributed by atoms with Crippen LogP contribution in [0.1, 0.15) is 32.8 Å². The molecule has 1 aliphatic rings. The zero-order valence-electron chi connectivity index (χ0n) is 11.0. The fourth-order valence-electron chi connectivity index (χ4n) is 1.94. The highest BCUT2D eigenvalue weighted by molar-refractivity contribution is 6.34. The average Bonchev–Trinajstić information content (AvgIpc) is 2.31. The third kappa shape index (κ3) is 3.09. The summed E-state index contributed by atoms with van der Waals surface area (Å²) in [5.41, 5.74) is 0.701. The number of nitrogens with zero attached hydrogens (tertiary/aromatic N) is 3. The lowest BCUT2D eigenvalue weighted by atomic mass is 10.1. The molecule has 0 atom stereocenters. The average molecular weight is 304 g/mol. The summed E-state index contributed by atoms with van der Waals surface area (Å²) in [6, 6.07) is 0. The highest BCUT2D eigenvalue weighted by atomic mass is 35.5. The molecule has 19 heavy (non-hydrogen) atoms. The smallest absolute Gasteiger partial charge is 0.414 e. The van der Waals surface area contributed by atoms with E-state index < -0.39 is 11.7 Å². The van der Waals surface area contributed by atoms with Crippen LogP contribution in [0.5, 0.6) is 0 Å². The maximum atomic E-state index is 12.2. The molecule has 2 heterocycles. The number of rotatable bonds is 0. The Bertz CT molecular complexity index is 514. The molecule has 104 valence electrons. The Morgan fingerprint density at radius 1 is 1.26 bits per heavy atom. The fraction of sp³-hybridized carbons (Fsp3) is 0.583. The molecule has 5 nitrogen and oxygen atoms in total. The molecule has 0 unspecified atom stereocenters. The Balaban J connectivity index is 2.37. The second-order valence-electron chi connectivity index (χ2n) is 5.34. The van der Waals surface area contributed by atoms with Gasteiger partial charge in [-0.1, -0.05) is 23.2 Å². The third-order valence-corrected chi connectivity index (χ3v) is 3.21. The van der Waals surface area contributed by atoms with Gasteiger partial charge in [0.05, 0.1) is 5.69 Å². The van der Waals surface area contributed by atoms with Gasteiger partial charge in [0.1, 0.15) is 5.60 Å². The van der Waals surface area contributed by atoms with Gasteiger partial charge in [0.25, 0.3) is 0 Å². The van der Waals surface area contributed by atoms with Gasteiger partial charge in [0.15, 0.2) is 10.3 Å². The van der Waals surface area contributed by atoms with Crippen LogP contribution in [0, 0.1) is 0 Å². The summed E-state index contributed by atoms with van der Waals surface area (Å²) >= 11 is 12.0. The molecule has 0 N–H and O–H groups in total. The van der Waals surface area contributed by atoms with Crippen LogP contribution in [0.15, 0.2) is 0 Å². The standard InChI is InChI=1S/C12H15Cl2N3O2/c1-12(2,3)19-11(18)17-6-4-5-7-8(17)10(14)16-15-9(7)13/h4-6H2,1-3H3. The molecule has 1 aromatic rings. The minimum atomic E-state index is -0.564. The fourth-order valence-corrected chi connectivity index (χ4v) is 2.41. The lowest BCUT2D eigenvalue weighted by Crippen LogP contribution is -2.40. The number of halogens is 2. The third-order valence-electron chi connectivity index (χ3n) is 2.65. The second kappa shape index (κ2) is 5.13. The van der Waals surface area contributed by atoms with E-state index in [1.807, 2.05) is 20.8 Å². The van der Waals surface area contributed by atoms with Crippen molar-refractivity contribution >= 4 is 35.0 Å². The number of aromatic nitrogens is 2. The first-order chi connectivity index (χ1) is 8.79. The Hall–Kier alpha value is -1.07. The van der Waals surface area contributed by atoms with Gasteiger partial charge in [-0.25, -0.2) is 4.79 Å². The molecule has 0 fully saturated rings. The molecule has 0 radical (unpaired) electrons. The zero-order chi connectivity index (χ0) is 14.2. The summed E-state index contributed by atoms with van der Waals surface area (Å²) in [6.07, 6.45) is 1.07. The lowest BCUT2D eigenvalue weighted by Gasteiger charge is -2.31. The van der Waals surface area contributed by atoms with Gasteiger partial charge in [0, 0.05) is 12.1 Å². The van der Waals surface area contributed by atoms with Gasteiger partial charge >= 0.3 is 6.09 Å². The van der Waals surface area contributed by atoms with Gasteiger partial charge in [0.2, 0.25) is 0 Å². The van der Waals surface area contributed by atoms with E-state index in [2.05, 4.69) is 10.2 Å². The maximum absolute atomic E-state index is 12.2. The topological polar surface area (TPSA) is 55.3 Å². The van der Waals surface area contributed by atoms with Crippen LogP contribution >= 0.6 is 23.2 Å². The predicted molar refractivity (Wildman–Crippen MR) is 74.0 cm³/mol. The molecule has 1 aromatic heterocycles. The zero-order valence-corrected chi connectivity index (χ0v) is 12.5. The van der Waals surface area contributed by atoms with Crippen molar-refractivity contribution in [2.75, 3.05) is 11.4 Å². The Morgan fingerprint density at radius 2 is 1.89 bits per heavy atom. The first-order valence-electron chi connectivity index (χ1n) is 6.00. The molecule has 7 heteroatoms. The van der Waals surface area contributed by atoms with Crippen LogP contribution in [0.3, 0.4) is 0 Å². The molecule has 0 aliphatic carbocycles. The Labute approximate surface area is 121 Å². The maximum Gasteiger partial charge on any atom is 0.414 e. The molecule has 1 amide bonds. The van der Waals surface area contributed by atoms with Crippen LogP contribution in [-0.2, 0) is 11.2 Å². The summed E-state index contributed by atoms with van der Waals surface area (Å²) < 4.78 is 5.37. The molecule has 2 rings (SSSR count). The first kappa shape index (κ1) is 14.3. The van der Waals surface area contributed by atoms with E-state index in [0.29, 0.717) is 12.2 Å². The molecule has 0 saturated heterocycles. The number of carbonyl (C=O) groups excluding carboxylic acids is 1. The van der Waals surface area contributed by atoms with Crippen molar-refractivity contribution in [1.82, 2.24) is 10.2 Å². The summed E-state index contributed by atoms with van der Waals surface area (Å²) in [7, 11) is 0. The van der Waals surface area contributed by atoms with Crippen LogP contribution in [0.4, 0.5) is 10.5 Å². The van der Waals surface area contributed by atoms with Crippen molar-refractivity contribution in [2.24, 2.45) is 0 Å². The van der Waals surface area contributed by atoms with Crippen LogP contribution in [0.2, 0.25) is 10.3 Å². The van der Waals surface area contributed by atoms with Crippen molar-refractivity contribution in [1.29, 1.82) is 0 Å². The highest BCUT2D eigenvalue weighted by Crippen LogP contribution is 2.36. The van der Waals surface area contributed by atoms with Gasteiger partial charge < -0.3 is 4.74 Å². The van der Waals surface area contributed by atoms with E-state index in [4.69, 9.17) is 27.9 Å². The Kier molecular flexibility index (Phi) is 3.87. The minimum absolute atomic E-state index is 0.171. The van der Waals surface area contributed by atoms with Gasteiger partial charge in [-0.15, -0.1) is 10.2 Å². The Morgan fingerprint density at radius 3 is 2.53 bits per heavy atom. The number of hydrogen-bond donors (Lipinski definition) is 0. The van der Waals surface area contributed by atoms with Crippen molar-refractivity contribution in [3.05, 3.63) is 15.9 Å². The van der Waals surface area contributed by atoms with E-state index in [9.17, 15) is 4.79 Å². The first-order valence-corrected chi connectivity index (χ1v) is 6.76. The van der Waals surface area contributed by atoms with E-state index >= 15 is 0 Å². The molecule has 0 bridgehead atoms. The molecule has 0 aromatic carbocycles.